The molecule has 0 radical (unpaired) electrons. The van der Waals surface area contributed by atoms with Crippen LogP contribution in [0.15, 0.2) is 17.1 Å². The number of likely N-dealkylation sites (tertiary alicyclic amines) is 1. The lowest BCUT2D eigenvalue weighted by Gasteiger charge is -2.29. The molecule has 0 aliphatic carbocycles. The Morgan fingerprint density at radius 3 is 2.54 bits per heavy atom. The van der Waals surface area contributed by atoms with Crippen molar-refractivity contribution in [3.8, 4) is 5.75 Å². The Bertz CT molecular complexity index is 639. The lowest BCUT2D eigenvalue weighted by Crippen LogP contribution is -2.42. The zero-order valence-corrected chi connectivity index (χ0v) is 19.7. The number of nitrogens with one attached hydrogen (secondary N) is 1. The second-order valence-corrected chi connectivity index (χ2v) is 7.76. The van der Waals surface area contributed by atoms with Crippen LogP contribution >= 0.6 is 24.0 Å². The first-order valence-electron chi connectivity index (χ1n) is 10.2. The highest BCUT2D eigenvalue weighted by Crippen LogP contribution is 2.23. The number of phenols is 1. The smallest absolute Gasteiger partial charge is 0.194 e. The van der Waals surface area contributed by atoms with Crippen molar-refractivity contribution in [2.45, 2.75) is 33.7 Å². The first kappa shape index (κ1) is 23.2. The average Bonchev–Trinajstić information content (AvgIpc) is 3.12. The maximum absolute atomic E-state index is 9.96. The fourth-order valence-electron chi connectivity index (χ4n) is 4.05. The predicted octanol–water partition coefficient (Wildman–Crippen LogP) is 2.75. The van der Waals surface area contributed by atoms with Gasteiger partial charge in [-0.3, -0.25) is 4.90 Å². The molecule has 7 heteroatoms. The van der Waals surface area contributed by atoms with Gasteiger partial charge in [0, 0.05) is 39.3 Å². The van der Waals surface area contributed by atoms with E-state index in [0.29, 0.717) is 18.2 Å². The molecule has 2 aliphatic rings. The number of guanidine groups is 1. The Morgan fingerprint density at radius 2 is 1.89 bits per heavy atom. The van der Waals surface area contributed by atoms with Crippen LogP contribution in [0, 0.1) is 19.8 Å². The minimum Gasteiger partial charge on any atom is -0.507 e. The summed E-state index contributed by atoms with van der Waals surface area (Å²) in [5.74, 6) is 2.09. The van der Waals surface area contributed by atoms with Gasteiger partial charge in [-0.05, 0) is 49.8 Å². The summed E-state index contributed by atoms with van der Waals surface area (Å²) in [6.07, 6.45) is 1.22. The molecule has 1 aromatic carbocycles. The van der Waals surface area contributed by atoms with Crippen molar-refractivity contribution < 1.29 is 9.84 Å². The SMILES string of the molecule is CCNC(=NCc1cc(C)c(O)c(C)c1)N1CCC(CN2CCOCC2)C1.I. The van der Waals surface area contributed by atoms with E-state index in [4.69, 9.17) is 9.73 Å². The van der Waals surface area contributed by atoms with E-state index in [9.17, 15) is 5.11 Å². The molecule has 0 amide bonds. The molecule has 1 unspecified atom stereocenters. The second-order valence-electron chi connectivity index (χ2n) is 7.76. The lowest BCUT2D eigenvalue weighted by molar-refractivity contribution is 0.0315. The Morgan fingerprint density at radius 1 is 1.21 bits per heavy atom. The van der Waals surface area contributed by atoms with Gasteiger partial charge in [-0.1, -0.05) is 12.1 Å². The number of benzene rings is 1. The maximum atomic E-state index is 9.96. The minimum atomic E-state index is 0. The van der Waals surface area contributed by atoms with Gasteiger partial charge in [0.2, 0.25) is 0 Å². The van der Waals surface area contributed by atoms with E-state index in [0.717, 1.165) is 75.1 Å². The van der Waals surface area contributed by atoms with Crippen LogP contribution in [0.2, 0.25) is 0 Å². The number of morpholine rings is 1. The lowest BCUT2D eigenvalue weighted by atomic mass is 10.1. The highest BCUT2D eigenvalue weighted by Gasteiger charge is 2.27. The normalized spacial score (nSPS) is 20.9. The molecule has 158 valence electrons. The molecule has 0 aromatic heterocycles. The monoisotopic (exact) mass is 502 g/mol. The third-order valence-electron chi connectivity index (χ3n) is 5.50. The largest absolute Gasteiger partial charge is 0.507 e. The van der Waals surface area contributed by atoms with Gasteiger partial charge in [0.1, 0.15) is 5.75 Å². The van der Waals surface area contributed by atoms with Crippen molar-refractivity contribution >= 4 is 29.9 Å². The van der Waals surface area contributed by atoms with Gasteiger partial charge < -0.3 is 20.1 Å². The van der Waals surface area contributed by atoms with Crippen LogP contribution in [0.1, 0.15) is 30.0 Å². The van der Waals surface area contributed by atoms with E-state index in [2.05, 4.69) is 22.0 Å². The Balaban J connectivity index is 0.00000280. The van der Waals surface area contributed by atoms with E-state index >= 15 is 0 Å². The topological polar surface area (TPSA) is 60.3 Å². The van der Waals surface area contributed by atoms with Crippen LogP contribution in [-0.4, -0.2) is 73.3 Å². The van der Waals surface area contributed by atoms with E-state index in [1.54, 1.807) is 0 Å². The third kappa shape index (κ3) is 6.22. The summed E-state index contributed by atoms with van der Waals surface area (Å²) in [5.41, 5.74) is 2.97. The number of ether oxygens (including phenoxy) is 1. The second kappa shape index (κ2) is 11.2. The summed E-state index contributed by atoms with van der Waals surface area (Å²) >= 11 is 0. The van der Waals surface area contributed by atoms with E-state index < -0.39 is 0 Å². The van der Waals surface area contributed by atoms with Crippen molar-refractivity contribution in [2.24, 2.45) is 10.9 Å². The number of hydrogen-bond donors (Lipinski definition) is 2. The molecule has 0 bridgehead atoms. The molecule has 1 aromatic rings. The van der Waals surface area contributed by atoms with Gasteiger partial charge in [-0.2, -0.15) is 0 Å². The summed E-state index contributed by atoms with van der Waals surface area (Å²) in [6.45, 7) is 14.7. The highest BCUT2D eigenvalue weighted by molar-refractivity contribution is 14.0. The molecule has 1 atom stereocenters. The quantitative estimate of drug-likeness (QED) is 0.369. The molecule has 2 saturated heterocycles. The molecular weight excluding hydrogens is 467 g/mol. The summed E-state index contributed by atoms with van der Waals surface area (Å²) in [6, 6.07) is 4.06. The maximum Gasteiger partial charge on any atom is 0.194 e. The number of rotatable bonds is 5. The first-order chi connectivity index (χ1) is 13.1. The zero-order valence-electron chi connectivity index (χ0n) is 17.4. The molecule has 2 N–H and O–H groups in total. The molecule has 2 fully saturated rings. The number of phenolic OH excluding ortho intramolecular Hbond substituents is 1. The molecule has 3 rings (SSSR count). The number of aryl methyl sites for hydroxylation is 2. The summed E-state index contributed by atoms with van der Waals surface area (Å²) < 4.78 is 5.46. The van der Waals surface area contributed by atoms with Gasteiger partial charge in [-0.15, -0.1) is 24.0 Å². The molecular formula is C21H35IN4O2. The van der Waals surface area contributed by atoms with Gasteiger partial charge in [0.05, 0.1) is 19.8 Å². The van der Waals surface area contributed by atoms with Crippen LogP contribution in [0.3, 0.4) is 0 Å². The number of halogens is 1. The average molecular weight is 502 g/mol. The van der Waals surface area contributed by atoms with Crippen LogP contribution < -0.4 is 5.32 Å². The molecule has 0 saturated carbocycles. The van der Waals surface area contributed by atoms with Crippen molar-refractivity contribution in [3.63, 3.8) is 0 Å². The zero-order chi connectivity index (χ0) is 19.2. The van der Waals surface area contributed by atoms with Crippen LogP contribution in [0.4, 0.5) is 0 Å². The first-order valence-corrected chi connectivity index (χ1v) is 10.2. The highest BCUT2D eigenvalue weighted by atomic mass is 127. The van der Waals surface area contributed by atoms with E-state index in [1.165, 1.54) is 6.42 Å². The summed E-state index contributed by atoms with van der Waals surface area (Å²) in [5, 5.41) is 13.4. The number of hydrogen-bond acceptors (Lipinski definition) is 4. The van der Waals surface area contributed by atoms with Gasteiger partial charge in [-0.25, -0.2) is 4.99 Å². The van der Waals surface area contributed by atoms with Crippen molar-refractivity contribution in [2.75, 3.05) is 52.5 Å². The van der Waals surface area contributed by atoms with Gasteiger partial charge >= 0.3 is 0 Å². The van der Waals surface area contributed by atoms with Crippen LogP contribution in [0.5, 0.6) is 5.75 Å². The van der Waals surface area contributed by atoms with Crippen LogP contribution in [0.25, 0.3) is 0 Å². The Kier molecular flexibility index (Phi) is 9.30. The number of aromatic hydroxyl groups is 1. The fraction of sp³-hybridized carbons (Fsp3) is 0.667. The Labute approximate surface area is 186 Å². The number of nitrogens with zero attached hydrogens (tertiary/aromatic N) is 3. The Hall–Kier alpha value is -1.06. The van der Waals surface area contributed by atoms with Crippen molar-refractivity contribution in [1.82, 2.24) is 15.1 Å². The standard InChI is InChI=1S/C21H34N4O2.HI/c1-4-22-21(23-13-19-11-16(2)20(26)17(3)12-19)25-6-5-18(15-25)14-24-7-9-27-10-8-24;/h11-12,18,26H,4-10,13-15H2,1-3H3,(H,22,23);1H. The minimum absolute atomic E-state index is 0. The molecule has 2 heterocycles. The van der Waals surface area contributed by atoms with Crippen molar-refractivity contribution in [1.29, 1.82) is 0 Å². The van der Waals surface area contributed by atoms with E-state index in [-0.39, 0.29) is 24.0 Å². The molecule has 2 aliphatic heterocycles. The summed E-state index contributed by atoms with van der Waals surface area (Å²) in [7, 11) is 0. The predicted molar refractivity (Wildman–Crippen MR) is 125 cm³/mol. The van der Waals surface area contributed by atoms with E-state index in [1.807, 2.05) is 26.0 Å². The number of aliphatic imine (C=N–C) groups is 1. The van der Waals surface area contributed by atoms with Gasteiger partial charge in [0.25, 0.3) is 0 Å². The van der Waals surface area contributed by atoms with Crippen LogP contribution in [-0.2, 0) is 11.3 Å². The third-order valence-corrected chi connectivity index (χ3v) is 5.50. The van der Waals surface area contributed by atoms with Crippen molar-refractivity contribution in [3.05, 3.63) is 28.8 Å². The molecule has 0 spiro atoms. The van der Waals surface area contributed by atoms with Gasteiger partial charge in [0.15, 0.2) is 5.96 Å². The molecule has 6 nitrogen and oxygen atoms in total. The molecule has 28 heavy (non-hydrogen) atoms. The fourth-order valence-corrected chi connectivity index (χ4v) is 4.05. The summed E-state index contributed by atoms with van der Waals surface area (Å²) in [4.78, 5) is 9.80.